The molecule has 0 fully saturated rings. The zero-order valence-corrected chi connectivity index (χ0v) is 8.77. The molecule has 0 saturated heterocycles. The summed E-state index contributed by atoms with van der Waals surface area (Å²) in [4.78, 5) is 22.0. The van der Waals surface area contributed by atoms with Gasteiger partial charge in [0.15, 0.2) is 0 Å². The SMILES string of the molecule is CN(CCC(=O)O)C(=O)C(F)=C(Cl)Cl. The number of hydrogen-bond donors (Lipinski definition) is 1. The van der Waals surface area contributed by atoms with E-state index in [1.54, 1.807) is 0 Å². The van der Waals surface area contributed by atoms with Crippen LogP contribution in [0, 0.1) is 0 Å². The van der Waals surface area contributed by atoms with Crippen LogP contribution in [0.4, 0.5) is 4.39 Å². The minimum absolute atomic E-state index is 0.108. The topological polar surface area (TPSA) is 57.6 Å². The van der Waals surface area contributed by atoms with Gasteiger partial charge in [0, 0.05) is 13.6 Å². The molecule has 0 aromatic carbocycles. The Kier molecular flexibility index (Phi) is 5.49. The molecule has 7 heteroatoms. The lowest BCUT2D eigenvalue weighted by Gasteiger charge is -2.14. The second-order valence-electron chi connectivity index (χ2n) is 2.44. The van der Waals surface area contributed by atoms with Crippen LogP contribution in [0.1, 0.15) is 6.42 Å². The van der Waals surface area contributed by atoms with Crippen molar-refractivity contribution in [2.24, 2.45) is 0 Å². The Labute approximate surface area is 89.9 Å². The van der Waals surface area contributed by atoms with Gasteiger partial charge in [-0.15, -0.1) is 0 Å². The maximum Gasteiger partial charge on any atom is 0.305 e. The van der Waals surface area contributed by atoms with Crippen molar-refractivity contribution in [2.75, 3.05) is 13.6 Å². The van der Waals surface area contributed by atoms with Gasteiger partial charge >= 0.3 is 5.97 Å². The standard InChI is InChI=1S/C7H8Cl2FNO3/c1-11(3-2-4(12)13)7(14)5(10)6(8)9/h2-3H2,1H3,(H,12,13). The molecule has 0 aliphatic carbocycles. The molecular formula is C7H8Cl2FNO3. The molecule has 0 saturated carbocycles. The van der Waals surface area contributed by atoms with Crippen LogP contribution in [0.15, 0.2) is 10.3 Å². The quantitative estimate of drug-likeness (QED) is 0.763. The van der Waals surface area contributed by atoms with Crippen molar-refractivity contribution in [1.82, 2.24) is 4.90 Å². The Morgan fingerprint density at radius 3 is 2.29 bits per heavy atom. The van der Waals surface area contributed by atoms with Gasteiger partial charge < -0.3 is 10.0 Å². The number of carbonyl (C=O) groups excluding carboxylic acids is 1. The third-order valence-corrected chi connectivity index (χ3v) is 1.69. The predicted molar refractivity (Wildman–Crippen MR) is 49.7 cm³/mol. The number of nitrogens with zero attached hydrogens (tertiary/aromatic N) is 1. The van der Waals surface area contributed by atoms with E-state index in [2.05, 4.69) is 0 Å². The molecule has 0 aliphatic heterocycles. The van der Waals surface area contributed by atoms with Crippen molar-refractivity contribution in [3.8, 4) is 0 Å². The minimum Gasteiger partial charge on any atom is -0.481 e. The molecule has 4 nitrogen and oxygen atoms in total. The van der Waals surface area contributed by atoms with E-state index >= 15 is 0 Å². The highest BCUT2D eigenvalue weighted by Crippen LogP contribution is 2.16. The predicted octanol–water partition coefficient (Wildman–Crippen LogP) is 1.54. The highest BCUT2D eigenvalue weighted by molar-refractivity contribution is 6.57. The Morgan fingerprint density at radius 2 is 1.93 bits per heavy atom. The van der Waals surface area contributed by atoms with Crippen LogP contribution in [0.5, 0.6) is 0 Å². The summed E-state index contributed by atoms with van der Waals surface area (Å²) < 4.78 is 12.0. The fraction of sp³-hybridized carbons (Fsp3) is 0.429. The van der Waals surface area contributed by atoms with Crippen molar-refractivity contribution < 1.29 is 19.1 Å². The van der Waals surface area contributed by atoms with Crippen LogP contribution >= 0.6 is 23.2 Å². The van der Waals surface area contributed by atoms with Gasteiger partial charge in [0.05, 0.1) is 6.42 Å². The second-order valence-corrected chi connectivity index (χ2v) is 3.39. The fourth-order valence-corrected chi connectivity index (χ4v) is 0.775. The number of carbonyl (C=O) groups is 2. The number of carboxylic acids is 1. The van der Waals surface area contributed by atoms with Crippen molar-refractivity contribution in [2.45, 2.75) is 6.42 Å². The molecule has 0 bridgehead atoms. The van der Waals surface area contributed by atoms with Crippen molar-refractivity contribution in [3.63, 3.8) is 0 Å². The Bertz CT molecular complexity index is 276. The van der Waals surface area contributed by atoms with Crippen LogP contribution in [0.3, 0.4) is 0 Å². The van der Waals surface area contributed by atoms with Crippen LogP contribution in [0.25, 0.3) is 0 Å². The molecule has 1 amide bonds. The number of amides is 1. The zero-order valence-electron chi connectivity index (χ0n) is 7.26. The van der Waals surface area contributed by atoms with Crippen molar-refractivity contribution >= 4 is 35.1 Å². The highest BCUT2D eigenvalue weighted by atomic mass is 35.5. The van der Waals surface area contributed by atoms with Crippen LogP contribution in [-0.2, 0) is 9.59 Å². The van der Waals surface area contributed by atoms with E-state index in [9.17, 15) is 14.0 Å². The molecule has 14 heavy (non-hydrogen) atoms. The molecule has 0 heterocycles. The van der Waals surface area contributed by atoms with Gasteiger partial charge in [-0.25, -0.2) is 0 Å². The fourth-order valence-electron chi connectivity index (χ4n) is 0.613. The van der Waals surface area contributed by atoms with E-state index in [4.69, 9.17) is 28.3 Å². The van der Waals surface area contributed by atoms with E-state index in [0.717, 1.165) is 4.90 Å². The average Bonchev–Trinajstić information content (AvgIpc) is 2.11. The van der Waals surface area contributed by atoms with Crippen LogP contribution < -0.4 is 0 Å². The van der Waals surface area contributed by atoms with Crippen LogP contribution in [0.2, 0.25) is 0 Å². The van der Waals surface area contributed by atoms with Crippen molar-refractivity contribution in [1.29, 1.82) is 0 Å². The molecular weight excluding hydrogens is 236 g/mol. The zero-order chi connectivity index (χ0) is 11.3. The Hall–Kier alpha value is -0.810. The number of rotatable bonds is 4. The van der Waals surface area contributed by atoms with E-state index in [0.29, 0.717) is 0 Å². The summed E-state index contributed by atoms with van der Waals surface area (Å²) in [5.74, 6) is -3.40. The van der Waals surface area contributed by atoms with Gasteiger partial charge in [-0.05, 0) is 0 Å². The van der Waals surface area contributed by atoms with E-state index < -0.39 is 22.2 Å². The Balaban J connectivity index is 4.27. The first-order valence-corrected chi connectivity index (χ1v) is 4.30. The lowest BCUT2D eigenvalue weighted by Crippen LogP contribution is -2.29. The summed E-state index contributed by atoms with van der Waals surface area (Å²) in [7, 11) is 1.25. The monoisotopic (exact) mass is 243 g/mol. The van der Waals surface area contributed by atoms with Crippen LogP contribution in [-0.4, -0.2) is 35.5 Å². The van der Waals surface area contributed by atoms with E-state index in [1.807, 2.05) is 0 Å². The first kappa shape index (κ1) is 13.2. The van der Waals surface area contributed by atoms with Crippen molar-refractivity contribution in [3.05, 3.63) is 10.3 Å². The Morgan fingerprint density at radius 1 is 1.43 bits per heavy atom. The van der Waals surface area contributed by atoms with Gasteiger partial charge in [0.2, 0.25) is 5.83 Å². The minimum atomic E-state index is -1.29. The van der Waals surface area contributed by atoms with Gasteiger partial charge in [-0.1, -0.05) is 23.2 Å². The summed E-state index contributed by atoms with van der Waals surface area (Å²) in [6.45, 7) is -0.108. The molecule has 80 valence electrons. The average molecular weight is 244 g/mol. The van der Waals surface area contributed by atoms with Gasteiger partial charge in [0.1, 0.15) is 4.49 Å². The third kappa shape index (κ3) is 4.43. The molecule has 0 atom stereocenters. The summed E-state index contributed by atoms with van der Waals surface area (Å²) in [5, 5.41) is 8.30. The van der Waals surface area contributed by atoms with Gasteiger partial charge in [-0.2, -0.15) is 4.39 Å². The largest absolute Gasteiger partial charge is 0.481 e. The summed E-state index contributed by atoms with van der Waals surface area (Å²) in [6, 6.07) is 0. The molecule has 0 unspecified atom stereocenters. The number of halogens is 3. The third-order valence-electron chi connectivity index (χ3n) is 1.36. The molecule has 0 aliphatic rings. The van der Waals surface area contributed by atoms with Gasteiger partial charge in [0.25, 0.3) is 5.91 Å². The summed E-state index contributed by atoms with van der Waals surface area (Å²) in [5.41, 5.74) is 0. The number of aliphatic carboxylic acids is 1. The summed E-state index contributed by atoms with van der Waals surface area (Å²) in [6.07, 6.45) is -0.268. The molecule has 1 N–H and O–H groups in total. The number of hydrogen-bond acceptors (Lipinski definition) is 2. The molecule has 0 radical (unpaired) electrons. The first-order valence-electron chi connectivity index (χ1n) is 3.54. The second kappa shape index (κ2) is 5.82. The normalized spacial score (nSPS) is 9.43. The molecule has 0 spiro atoms. The smallest absolute Gasteiger partial charge is 0.305 e. The lowest BCUT2D eigenvalue weighted by atomic mass is 10.4. The maximum atomic E-state index is 12.8. The molecule has 0 rings (SSSR count). The number of likely N-dealkylation sites (N-methyl/N-ethyl adjacent to an activating group) is 1. The maximum absolute atomic E-state index is 12.8. The lowest BCUT2D eigenvalue weighted by molar-refractivity contribution is -0.138. The van der Waals surface area contributed by atoms with Gasteiger partial charge in [-0.3, -0.25) is 9.59 Å². The number of carboxylic acid groups (broad SMARTS) is 1. The molecule has 0 aromatic heterocycles. The van der Waals surface area contributed by atoms with E-state index in [-0.39, 0.29) is 13.0 Å². The first-order chi connectivity index (χ1) is 6.36. The summed E-state index contributed by atoms with van der Waals surface area (Å²) >= 11 is 10.1. The molecule has 0 aromatic rings. The van der Waals surface area contributed by atoms with E-state index in [1.165, 1.54) is 7.05 Å². The highest BCUT2D eigenvalue weighted by Gasteiger charge is 2.18.